The lowest BCUT2D eigenvalue weighted by Crippen LogP contribution is -2.39. The Balaban J connectivity index is 0.000000342. The minimum atomic E-state index is -4.32. The molecule has 208 valence electrons. The fraction of sp³-hybridized carbons (Fsp3) is 0.462. The molecule has 5 unspecified atom stereocenters. The molecule has 1 saturated heterocycles. The second-order valence-corrected chi connectivity index (χ2v) is 9.24. The summed E-state index contributed by atoms with van der Waals surface area (Å²) in [5.41, 5.74) is 3.80. The second kappa shape index (κ2) is 12.7. The van der Waals surface area contributed by atoms with Crippen LogP contribution in [0.5, 0.6) is 0 Å². The van der Waals surface area contributed by atoms with Gasteiger partial charge in [-0.25, -0.2) is 9.59 Å². The third-order valence-corrected chi connectivity index (χ3v) is 6.43. The largest absolute Gasteiger partial charge is 0.479 e. The molecule has 2 aromatic rings. The van der Waals surface area contributed by atoms with Crippen LogP contribution >= 0.6 is 0 Å². The summed E-state index contributed by atoms with van der Waals surface area (Å²) in [6.45, 7) is 4.31. The van der Waals surface area contributed by atoms with Crippen LogP contribution < -0.4 is 10.6 Å². The Bertz CT molecular complexity index is 1090. The highest BCUT2D eigenvalue weighted by molar-refractivity contribution is 5.83. The van der Waals surface area contributed by atoms with Crippen LogP contribution in [-0.4, -0.2) is 70.4 Å². The molecular weight excluding hydrogens is 509 g/mol. The number of nitrogens with one attached hydrogen (secondary N) is 2. The predicted octanol–water partition coefficient (Wildman–Crippen LogP) is 2.26. The van der Waals surface area contributed by atoms with Crippen LogP contribution in [0.1, 0.15) is 53.2 Å². The topological polar surface area (TPSA) is 148 Å². The molecule has 1 fully saturated rings. The number of hydrogen-bond acceptors (Lipinski definition) is 7. The first-order chi connectivity index (χ1) is 17.9. The zero-order chi connectivity index (χ0) is 28.0. The molecule has 0 amide bonds. The van der Waals surface area contributed by atoms with Gasteiger partial charge in [0, 0.05) is 6.54 Å². The van der Waals surface area contributed by atoms with Crippen molar-refractivity contribution in [3.05, 3.63) is 70.3 Å². The minimum absolute atomic E-state index is 0.108. The minimum Gasteiger partial charge on any atom is -0.479 e. The van der Waals surface area contributed by atoms with Crippen LogP contribution in [0.2, 0.25) is 0 Å². The maximum absolute atomic E-state index is 12.9. The number of ether oxygens (including phenoxy) is 1. The Hall–Kier alpha value is -3.03. The molecular formula is C26H31F3N2O7. The number of carboxylic acid groups (broad SMARTS) is 2. The third-order valence-electron chi connectivity index (χ3n) is 6.43. The summed E-state index contributed by atoms with van der Waals surface area (Å²) >= 11 is 0. The van der Waals surface area contributed by atoms with Gasteiger partial charge in [-0.2, -0.15) is 13.2 Å². The Morgan fingerprint density at radius 2 is 1.58 bits per heavy atom. The van der Waals surface area contributed by atoms with Crippen molar-refractivity contribution in [2.75, 3.05) is 19.7 Å². The lowest BCUT2D eigenvalue weighted by atomic mass is 9.90. The summed E-state index contributed by atoms with van der Waals surface area (Å²) in [6.07, 6.45) is -6.67. The van der Waals surface area contributed by atoms with Gasteiger partial charge in [0.15, 0.2) is 12.2 Å². The van der Waals surface area contributed by atoms with Crippen LogP contribution in [-0.2, 0) is 26.9 Å². The van der Waals surface area contributed by atoms with Crippen LogP contribution in [0.4, 0.5) is 13.2 Å². The van der Waals surface area contributed by atoms with Crippen LogP contribution in [0.25, 0.3) is 0 Å². The van der Waals surface area contributed by atoms with E-state index < -0.39 is 35.9 Å². The number of rotatable bonds is 5. The van der Waals surface area contributed by atoms with Crippen LogP contribution in [0.3, 0.4) is 0 Å². The fourth-order valence-corrected chi connectivity index (χ4v) is 4.29. The molecule has 0 aromatic heterocycles. The summed E-state index contributed by atoms with van der Waals surface area (Å²) in [6, 6.07) is 12.0. The number of benzene rings is 2. The van der Waals surface area contributed by atoms with Gasteiger partial charge in [-0.1, -0.05) is 30.3 Å². The molecule has 38 heavy (non-hydrogen) atoms. The number of carboxylic acids is 2. The number of carbonyl (C=O) groups is 2. The molecule has 0 saturated carbocycles. The molecule has 0 spiro atoms. The zero-order valence-corrected chi connectivity index (χ0v) is 20.6. The number of morpholine rings is 1. The molecule has 0 aliphatic carbocycles. The number of aliphatic carboxylic acids is 2. The van der Waals surface area contributed by atoms with Gasteiger partial charge in [-0.3, -0.25) is 0 Å². The summed E-state index contributed by atoms with van der Waals surface area (Å²) < 4.78 is 44.5. The Morgan fingerprint density at radius 3 is 2.11 bits per heavy atom. The smallest absolute Gasteiger partial charge is 0.416 e. The number of alkyl halides is 3. The van der Waals surface area contributed by atoms with Gasteiger partial charge in [0.2, 0.25) is 0 Å². The number of aliphatic hydroxyl groups excluding tert-OH is 2. The molecule has 12 heteroatoms. The van der Waals surface area contributed by atoms with Crippen molar-refractivity contribution >= 4 is 11.9 Å². The van der Waals surface area contributed by atoms with Crippen LogP contribution in [0, 0.1) is 0 Å². The lowest BCUT2D eigenvalue weighted by Gasteiger charge is -2.30. The predicted molar refractivity (Wildman–Crippen MR) is 129 cm³/mol. The second-order valence-electron chi connectivity index (χ2n) is 9.24. The molecule has 2 heterocycles. The monoisotopic (exact) mass is 540 g/mol. The number of halogens is 3. The maximum atomic E-state index is 12.9. The van der Waals surface area contributed by atoms with Gasteiger partial charge >= 0.3 is 18.1 Å². The van der Waals surface area contributed by atoms with Crippen molar-refractivity contribution in [1.82, 2.24) is 10.6 Å². The average molecular weight is 541 g/mol. The average Bonchev–Trinajstić information content (AvgIpc) is 3.10. The van der Waals surface area contributed by atoms with E-state index in [1.807, 2.05) is 6.92 Å². The van der Waals surface area contributed by atoms with Crippen molar-refractivity contribution in [3.8, 4) is 0 Å². The van der Waals surface area contributed by atoms with Crippen molar-refractivity contribution < 1.29 is 47.9 Å². The molecule has 0 bridgehead atoms. The normalized spacial score (nSPS) is 23.2. The Morgan fingerprint density at radius 1 is 0.974 bits per heavy atom. The molecule has 2 aromatic carbocycles. The van der Waals surface area contributed by atoms with Gasteiger partial charge < -0.3 is 35.8 Å². The molecule has 4 rings (SSSR count). The number of fused-ring (bicyclic) bond motifs is 1. The molecule has 9 nitrogen and oxygen atoms in total. The van der Waals surface area contributed by atoms with Crippen LogP contribution in [0.15, 0.2) is 42.5 Å². The Labute approximate surface area is 217 Å². The van der Waals surface area contributed by atoms with E-state index in [0.717, 1.165) is 42.6 Å². The first-order valence-electron chi connectivity index (χ1n) is 12.1. The van der Waals surface area contributed by atoms with E-state index in [1.54, 1.807) is 12.1 Å². The SMILES string of the molecule is CC1CNC(c2ccc3c(c2)C(c2ccc(C(F)(F)F)cc2)NCCC3)CO1.O=C(O)C(O)C(O)C(=O)O. The molecule has 0 radical (unpaired) electrons. The zero-order valence-electron chi connectivity index (χ0n) is 20.6. The van der Waals surface area contributed by atoms with Crippen molar-refractivity contribution in [2.24, 2.45) is 0 Å². The molecule has 5 atom stereocenters. The van der Waals surface area contributed by atoms with E-state index in [1.165, 1.54) is 17.7 Å². The van der Waals surface area contributed by atoms with Gasteiger partial charge in [0.05, 0.1) is 30.4 Å². The highest BCUT2D eigenvalue weighted by Crippen LogP contribution is 2.34. The van der Waals surface area contributed by atoms with Gasteiger partial charge in [-0.15, -0.1) is 0 Å². The van der Waals surface area contributed by atoms with E-state index in [9.17, 15) is 22.8 Å². The summed E-state index contributed by atoms with van der Waals surface area (Å²) in [7, 11) is 0. The quantitative estimate of drug-likeness (QED) is 0.336. The molecule has 6 N–H and O–H groups in total. The first-order valence-corrected chi connectivity index (χ1v) is 12.1. The molecule has 2 aliphatic heterocycles. The highest BCUT2D eigenvalue weighted by atomic mass is 19.4. The number of aryl methyl sites for hydroxylation is 1. The fourth-order valence-electron chi connectivity index (χ4n) is 4.29. The van der Waals surface area contributed by atoms with E-state index in [4.69, 9.17) is 25.2 Å². The first kappa shape index (κ1) is 29.5. The van der Waals surface area contributed by atoms with E-state index >= 15 is 0 Å². The third kappa shape index (κ3) is 7.51. The van der Waals surface area contributed by atoms with E-state index in [0.29, 0.717) is 6.61 Å². The number of aliphatic hydroxyl groups is 2. The van der Waals surface area contributed by atoms with E-state index in [2.05, 4.69) is 28.8 Å². The highest BCUT2D eigenvalue weighted by Gasteiger charge is 2.31. The molecule has 2 aliphatic rings. The summed E-state index contributed by atoms with van der Waals surface area (Å²) in [5, 5.41) is 39.6. The van der Waals surface area contributed by atoms with E-state index in [-0.39, 0.29) is 18.2 Å². The summed E-state index contributed by atoms with van der Waals surface area (Å²) in [5.74, 6) is -3.54. The van der Waals surface area contributed by atoms with Gasteiger partial charge in [0.1, 0.15) is 0 Å². The van der Waals surface area contributed by atoms with Gasteiger partial charge in [0.25, 0.3) is 0 Å². The van der Waals surface area contributed by atoms with Crippen molar-refractivity contribution in [1.29, 1.82) is 0 Å². The van der Waals surface area contributed by atoms with Crippen molar-refractivity contribution in [3.63, 3.8) is 0 Å². The lowest BCUT2D eigenvalue weighted by molar-refractivity contribution is -0.165. The maximum Gasteiger partial charge on any atom is 0.416 e. The summed E-state index contributed by atoms with van der Waals surface area (Å²) in [4.78, 5) is 19.5. The number of hydrogen-bond donors (Lipinski definition) is 6. The standard InChI is InChI=1S/C22H25F3N2O.C4H6O6/c1-14-12-27-20(13-28-14)17-5-4-15-3-2-10-26-21(19(15)11-17)16-6-8-18(9-7-16)22(23,24)25;5-1(3(7)8)2(6)4(9)10/h4-9,11,14,20-21,26-27H,2-3,10,12-13H2,1H3;1-2,5-6H,(H,7,8)(H,9,10). The van der Waals surface area contributed by atoms with Gasteiger partial charge in [-0.05, 0) is 60.7 Å². The van der Waals surface area contributed by atoms with Crippen molar-refractivity contribution in [2.45, 2.75) is 56.3 Å². The Kier molecular flexibility index (Phi) is 9.85.